The van der Waals surface area contributed by atoms with Crippen LogP contribution in [0, 0.1) is 0 Å². The Morgan fingerprint density at radius 3 is 2.56 bits per heavy atom. The average Bonchev–Trinajstić information content (AvgIpc) is 3.14. The van der Waals surface area contributed by atoms with Crippen LogP contribution in [0.15, 0.2) is 28.3 Å². The molecular formula is C21H31N5O4S2. The van der Waals surface area contributed by atoms with Gasteiger partial charge in [-0.05, 0) is 38.0 Å². The van der Waals surface area contributed by atoms with E-state index in [2.05, 4.69) is 15.5 Å². The Hall–Kier alpha value is -2.11. The van der Waals surface area contributed by atoms with Crippen molar-refractivity contribution in [1.29, 1.82) is 0 Å². The van der Waals surface area contributed by atoms with E-state index < -0.39 is 10.0 Å². The molecule has 0 spiro atoms. The van der Waals surface area contributed by atoms with Crippen molar-refractivity contribution >= 4 is 33.4 Å². The largest absolute Gasteiger partial charge is 0.492 e. The van der Waals surface area contributed by atoms with Crippen molar-refractivity contribution in [3.63, 3.8) is 0 Å². The maximum absolute atomic E-state index is 13.1. The second-order valence-corrected chi connectivity index (χ2v) is 10.8. The van der Waals surface area contributed by atoms with Crippen molar-refractivity contribution in [1.82, 2.24) is 19.1 Å². The monoisotopic (exact) mass is 481 g/mol. The second kappa shape index (κ2) is 10.7. The molecule has 1 fully saturated rings. The van der Waals surface area contributed by atoms with Gasteiger partial charge in [-0.2, -0.15) is 4.31 Å². The normalized spacial score (nSPS) is 15.2. The van der Waals surface area contributed by atoms with Crippen LogP contribution in [0.4, 0.5) is 5.69 Å². The van der Waals surface area contributed by atoms with Crippen LogP contribution >= 0.6 is 11.8 Å². The van der Waals surface area contributed by atoms with Gasteiger partial charge in [-0.25, -0.2) is 8.42 Å². The minimum atomic E-state index is -3.62. The molecule has 3 rings (SSSR count). The molecular weight excluding hydrogens is 450 g/mol. The van der Waals surface area contributed by atoms with E-state index in [1.54, 1.807) is 6.07 Å². The lowest BCUT2D eigenvalue weighted by atomic mass is 10.2. The number of anilines is 1. The van der Waals surface area contributed by atoms with Gasteiger partial charge in [-0.15, -0.1) is 10.2 Å². The van der Waals surface area contributed by atoms with Crippen molar-refractivity contribution < 1.29 is 17.9 Å². The summed E-state index contributed by atoms with van der Waals surface area (Å²) in [4.78, 5) is 12.8. The van der Waals surface area contributed by atoms with Gasteiger partial charge >= 0.3 is 0 Å². The number of nitrogens with zero attached hydrogens (tertiary/aromatic N) is 4. The number of sulfonamides is 1. The topological polar surface area (TPSA) is 106 Å². The van der Waals surface area contributed by atoms with Crippen LogP contribution in [0.25, 0.3) is 0 Å². The molecule has 0 saturated carbocycles. The molecule has 11 heteroatoms. The number of aromatic nitrogens is 3. The van der Waals surface area contributed by atoms with Gasteiger partial charge in [0.25, 0.3) is 0 Å². The number of ether oxygens (including phenoxy) is 1. The molecule has 176 valence electrons. The fraction of sp³-hybridized carbons (Fsp3) is 0.571. The Morgan fingerprint density at radius 2 is 1.94 bits per heavy atom. The van der Waals surface area contributed by atoms with Crippen molar-refractivity contribution in [2.24, 2.45) is 7.05 Å². The molecule has 1 aromatic heterocycles. The maximum Gasteiger partial charge on any atom is 0.243 e. The van der Waals surface area contributed by atoms with Crippen LogP contribution in [0.3, 0.4) is 0 Å². The van der Waals surface area contributed by atoms with Crippen LogP contribution in [0.1, 0.15) is 51.8 Å². The quantitative estimate of drug-likeness (QED) is 0.548. The predicted molar refractivity (Wildman–Crippen MR) is 125 cm³/mol. The number of hydrogen-bond acceptors (Lipinski definition) is 7. The van der Waals surface area contributed by atoms with Crippen molar-refractivity contribution in [3.8, 4) is 5.75 Å². The van der Waals surface area contributed by atoms with E-state index in [1.807, 2.05) is 32.4 Å². The molecule has 0 atom stereocenters. The zero-order chi connectivity index (χ0) is 23.3. The number of amides is 1. The molecule has 2 aromatic rings. The van der Waals surface area contributed by atoms with E-state index >= 15 is 0 Å². The Bertz CT molecular complexity index is 1050. The third-order valence-corrected chi connectivity index (χ3v) is 8.11. The standard InChI is InChI=1S/C21H31N5O4S2/c1-5-30-18-10-9-16(32(28,29)26-11-7-6-8-12-26)13-17(18)22-19(27)14-31-21-24-23-20(15(2)3)25(21)4/h9-10,13,15H,5-8,11-12,14H2,1-4H3,(H,22,27). The molecule has 1 saturated heterocycles. The van der Waals surface area contributed by atoms with E-state index in [0.29, 0.717) is 36.3 Å². The van der Waals surface area contributed by atoms with Crippen molar-refractivity contribution in [2.45, 2.75) is 56.0 Å². The summed E-state index contributed by atoms with van der Waals surface area (Å²) in [5, 5.41) is 11.8. The van der Waals surface area contributed by atoms with Gasteiger partial charge in [0.05, 0.1) is 22.9 Å². The van der Waals surface area contributed by atoms with Crippen LogP contribution in [-0.2, 0) is 21.9 Å². The fourth-order valence-corrected chi connectivity index (χ4v) is 5.84. The van der Waals surface area contributed by atoms with Crippen molar-refractivity contribution in [2.75, 3.05) is 30.8 Å². The summed E-state index contributed by atoms with van der Waals surface area (Å²) < 4.78 is 35.1. The second-order valence-electron chi connectivity index (χ2n) is 7.95. The number of rotatable bonds is 9. The third kappa shape index (κ3) is 5.62. The van der Waals surface area contributed by atoms with Gasteiger partial charge in [0.2, 0.25) is 15.9 Å². The molecule has 2 heterocycles. The Kier molecular flexibility index (Phi) is 8.18. The summed E-state index contributed by atoms with van der Waals surface area (Å²) in [7, 11) is -1.75. The lowest BCUT2D eigenvalue weighted by Crippen LogP contribution is -2.35. The first-order valence-corrected chi connectivity index (χ1v) is 13.3. The number of piperidine rings is 1. The lowest BCUT2D eigenvalue weighted by Gasteiger charge is -2.26. The zero-order valence-corrected chi connectivity index (χ0v) is 20.6. The summed E-state index contributed by atoms with van der Waals surface area (Å²) >= 11 is 1.27. The SMILES string of the molecule is CCOc1ccc(S(=O)(=O)N2CCCCC2)cc1NC(=O)CSc1nnc(C(C)C)n1C. The molecule has 1 amide bonds. The van der Waals surface area contributed by atoms with E-state index in [1.165, 1.54) is 28.2 Å². The number of hydrogen-bond donors (Lipinski definition) is 1. The zero-order valence-electron chi connectivity index (χ0n) is 19.0. The highest BCUT2D eigenvalue weighted by Crippen LogP contribution is 2.30. The number of thioether (sulfide) groups is 1. The minimum absolute atomic E-state index is 0.110. The molecule has 1 aliphatic rings. The number of benzene rings is 1. The molecule has 1 N–H and O–H groups in total. The molecule has 1 aromatic carbocycles. The van der Waals surface area contributed by atoms with Crippen molar-refractivity contribution in [3.05, 3.63) is 24.0 Å². The van der Waals surface area contributed by atoms with Gasteiger partial charge in [-0.1, -0.05) is 32.0 Å². The Balaban J connectivity index is 1.75. The lowest BCUT2D eigenvalue weighted by molar-refractivity contribution is -0.113. The molecule has 9 nitrogen and oxygen atoms in total. The summed E-state index contributed by atoms with van der Waals surface area (Å²) in [6.45, 7) is 7.33. The van der Waals surface area contributed by atoms with Gasteiger partial charge < -0.3 is 14.6 Å². The number of carbonyl (C=O) groups excluding carboxylic acids is 1. The smallest absolute Gasteiger partial charge is 0.243 e. The number of carbonyl (C=O) groups is 1. The molecule has 0 unspecified atom stereocenters. The maximum atomic E-state index is 13.1. The summed E-state index contributed by atoms with van der Waals surface area (Å²) in [6, 6.07) is 4.61. The molecule has 1 aliphatic heterocycles. The molecule has 32 heavy (non-hydrogen) atoms. The van der Waals surface area contributed by atoms with Crippen LogP contribution in [0.2, 0.25) is 0 Å². The summed E-state index contributed by atoms with van der Waals surface area (Å²) in [6.07, 6.45) is 2.76. The summed E-state index contributed by atoms with van der Waals surface area (Å²) in [5.74, 6) is 1.34. The molecule has 0 bridgehead atoms. The van der Waals surface area contributed by atoms with Gasteiger partial charge in [-0.3, -0.25) is 4.79 Å². The third-order valence-electron chi connectivity index (χ3n) is 5.20. The first-order valence-electron chi connectivity index (χ1n) is 10.8. The average molecular weight is 482 g/mol. The Morgan fingerprint density at radius 1 is 1.22 bits per heavy atom. The highest BCUT2D eigenvalue weighted by molar-refractivity contribution is 7.99. The van der Waals surface area contributed by atoms with Crippen LogP contribution in [-0.4, -0.2) is 58.8 Å². The number of nitrogens with one attached hydrogen (secondary N) is 1. The highest BCUT2D eigenvalue weighted by Gasteiger charge is 2.27. The summed E-state index contributed by atoms with van der Waals surface area (Å²) in [5.41, 5.74) is 0.344. The minimum Gasteiger partial charge on any atom is -0.492 e. The first-order chi connectivity index (χ1) is 15.2. The van der Waals surface area contributed by atoms with Gasteiger partial charge in [0, 0.05) is 26.1 Å². The fourth-order valence-electron chi connectivity index (χ4n) is 3.57. The van der Waals surface area contributed by atoms with Crippen LogP contribution < -0.4 is 10.1 Å². The van der Waals surface area contributed by atoms with Crippen LogP contribution in [0.5, 0.6) is 5.75 Å². The first kappa shape index (κ1) is 24.5. The van der Waals surface area contributed by atoms with E-state index in [4.69, 9.17) is 4.74 Å². The molecule has 0 radical (unpaired) electrons. The highest BCUT2D eigenvalue weighted by atomic mass is 32.2. The van der Waals surface area contributed by atoms with E-state index in [9.17, 15) is 13.2 Å². The van der Waals surface area contributed by atoms with E-state index in [0.717, 1.165) is 25.1 Å². The Labute approximate surface area is 194 Å². The van der Waals surface area contributed by atoms with Gasteiger partial charge in [0.1, 0.15) is 11.6 Å². The van der Waals surface area contributed by atoms with E-state index in [-0.39, 0.29) is 22.5 Å². The van der Waals surface area contributed by atoms with Gasteiger partial charge in [0.15, 0.2) is 5.16 Å². The molecule has 0 aliphatic carbocycles. The predicted octanol–water partition coefficient (Wildman–Crippen LogP) is 3.24.